The van der Waals surface area contributed by atoms with Crippen molar-refractivity contribution in [3.05, 3.63) is 59.9 Å². The summed E-state index contributed by atoms with van der Waals surface area (Å²) < 4.78 is 0. The van der Waals surface area contributed by atoms with Crippen molar-refractivity contribution in [2.45, 2.75) is 19.8 Å². The first kappa shape index (κ1) is 17.3. The Bertz CT molecular complexity index is 944. The molecule has 1 atom stereocenters. The number of carbonyl (C=O) groups is 2. The zero-order chi connectivity index (χ0) is 18.8. The Balaban J connectivity index is 1.32. The van der Waals surface area contributed by atoms with E-state index in [0.717, 1.165) is 28.1 Å². The number of anilines is 1. The molecule has 4 rings (SSSR count). The van der Waals surface area contributed by atoms with Crippen molar-refractivity contribution in [1.29, 1.82) is 0 Å². The number of aromatic nitrogens is 2. The zero-order valence-corrected chi connectivity index (χ0v) is 15.2. The van der Waals surface area contributed by atoms with Crippen molar-refractivity contribution in [3.8, 4) is 0 Å². The fraction of sp³-hybridized carbons (Fsp3) is 0.286. The molecule has 138 valence electrons. The number of H-pyrrole nitrogens is 1. The van der Waals surface area contributed by atoms with Crippen molar-refractivity contribution in [2.24, 2.45) is 5.92 Å². The van der Waals surface area contributed by atoms with Crippen LogP contribution in [0, 0.1) is 12.8 Å². The monoisotopic (exact) mass is 362 g/mol. The third kappa shape index (κ3) is 3.69. The summed E-state index contributed by atoms with van der Waals surface area (Å²) in [7, 11) is 0. The molecule has 2 aromatic carbocycles. The van der Waals surface area contributed by atoms with Gasteiger partial charge in [0.1, 0.15) is 5.82 Å². The molecule has 1 aliphatic rings. The zero-order valence-electron chi connectivity index (χ0n) is 15.2. The lowest BCUT2D eigenvalue weighted by Crippen LogP contribution is -2.34. The van der Waals surface area contributed by atoms with Gasteiger partial charge in [0.05, 0.1) is 17.0 Å². The summed E-state index contributed by atoms with van der Waals surface area (Å²) in [5, 5.41) is 2.94. The average molecular weight is 362 g/mol. The molecule has 2 N–H and O–H groups in total. The smallest absolute Gasteiger partial charge is 0.227 e. The van der Waals surface area contributed by atoms with Gasteiger partial charge in [0.2, 0.25) is 11.8 Å². The van der Waals surface area contributed by atoms with Crippen LogP contribution in [0.5, 0.6) is 0 Å². The van der Waals surface area contributed by atoms with Crippen LogP contribution in [-0.2, 0) is 16.0 Å². The van der Waals surface area contributed by atoms with Gasteiger partial charge in [0.15, 0.2) is 0 Å². The second-order valence-corrected chi connectivity index (χ2v) is 6.98. The molecule has 6 nitrogen and oxygen atoms in total. The van der Waals surface area contributed by atoms with Gasteiger partial charge in [-0.1, -0.05) is 29.8 Å². The standard InChI is InChI=1S/C21H22N4O2/c1-14-6-8-16(9-7-14)25-13-15(12-20(25)26)21(27)22-11-10-19-23-17-4-2-3-5-18(17)24-19/h2-9,15H,10-13H2,1H3,(H,22,27)(H,23,24). The van der Waals surface area contributed by atoms with Crippen LogP contribution < -0.4 is 10.2 Å². The maximum absolute atomic E-state index is 12.5. The Morgan fingerprint density at radius 1 is 1.22 bits per heavy atom. The largest absolute Gasteiger partial charge is 0.355 e. The number of aryl methyl sites for hydroxylation is 1. The Hall–Kier alpha value is -3.15. The second kappa shape index (κ2) is 7.23. The number of amides is 2. The number of imidazole rings is 1. The number of hydrogen-bond acceptors (Lipinski definition) is 3. The van der Waals surface area contributed by atoms with Gasteiger partial charge in [-0.05, 0) is 31.2 Å². The summed E-state index contributed by atoms with van der Waals surface area (Å²) in [6, 6.07) is 15.7. The fourth-order valence-corrected chi connectivity index (χ4v) is 3.43. The molecule has 1 saturated heterocycles. The van der Waals surface area contributed by atoms with Gasteiger partial charge in [-0.2, -0.15) is 0 Å². The molecule has 0 spiro atoms. The van der Waals surface area contributed by atoms with Gasteiger partial charge in [-0.25, -0.2) is 4.98 Å². The number of rotatable bonds is 5. The van der Waals surface area contributed by atoms with Crippen molar-refractivity contribution in [2.75, 3.05) is 18.0 Å². The Morgan fingerprint density at radius 3 is 2.78 bits per heavy atom. The molecule has 1 aliphatic heterocycles. The maximum Gasteiger partial charge on any atom is 0.227 e. The van der Waals surface area contributed by atoms with Crippen molar-refractivity contribution in [1.82, 2.24) is 15.3 Å². The van der Waals surface area contributed by atoms with E-state index in [1.807, 2.05) is 55.5 Å². The summed E-state index contributed by atoms with van der Waals surface area (Å²) in [6.07, 6.45) is 0.882. The molecule has 2 amide bonds. The van der Waals surface area contributed by atoms with Gasteiger partial charge in [-0.15, -0.1) is 0 Å². The average Bonchev–Trinajstić information content (AvgIpc) is 3.25. The van der Waals surface area contributed by atoms with Crippen LogP contribution in [0.3, 0.4) is 0 Å². The van der Waals surface area contributed by atoms with Crippen LogP contribution in [0.25, 0.3) is 11.0 Å². The van der Waals surface area contributed by atoms with E-state index in [1.54, 1.807) is 4.90 Å². The van der Waals surface area contributed by atoms with Crippen LogP contribution >= 0.6 is 0 Å². The predicted molar refractivity (Wildman–Crippen MR) is 104 cm³/mol. The number of para-hydroxylation sites is 2. The van der Waals surface area contributed by atoms with Gasteiger partial charge >= 0.3 is 0 Å². The normalized spacial score (nSPS) is 16.9. The van der Waals surface area contributed by atoms with Gasteiger partial charge in [0.25, 0.3) is 0 Å². The molecule has 2 heterocycles. The summed E-state index contributed by atoms with van der Waals surface area (Å²) in [5.74, 6) is 0.458. The van der Waals surface area contributed by atoms with Crippen LogP contribution in [0.1, 0.15) is 17.8 Å². The molecular weight excluding hydrogens is 340 g/mol. The predicted octanol–water partition coefficient (Wildman–Crippen LogP) is 2.58. The number of carbonyl (C=O) groups excluding carboxylic acids is 2. The molecule has 1 unspecified atom stereocenters. The van der Waals surface area contributed by atoms with Crippen LogP contribution in [0.4, 0.5) is 5.69 Å². The van der Waals surface area contributed by atoms with Crippen molar-refractivity contribution < 1.29 is 9.59 Å². The topological polar surface area (TPSA) is 78.1 Å². The molecule has 27 heavy (non-hydrogen) atoms. The highest BCUT2D eigenvalue weighted by atomic mass is 16.2. The molecule has 0 bridgehead atoms. The maximum atomic E-state index is 12.5. The Morgan fingerprint density at radius 2 is 2.00 bits per heavy atom. The van der Waals surface area contributed by atoms with Crippen LogP contribution in [0.15, 0.2) is 48.5 Å². The molecule has 0 aliphatic carbocycles. The molecule has 0 radical (unpaired) electrons. The molecular formula is C21H22N4O2. The minimum atomic E-state index is -0.311. The van der Waals surface area contributed by atoms with E-state index >= 15 is 0 Å². The van der Waals surface area contributed by atoms with Crippen molar-refractivity contribution >= 4 is 28.5 Å². The first-order valence-corrected chi connectivity index (χ1v) is 9.18. The van der Waals surface area contributed by atoms with Gasteiger partial charge < -0.3 is 15.2 Å². The summed E-state index contributed by atoms with van der Waals surface area (Å²) in [5.41, 5.74) is 3.91. The number of aromatic amines is 1. The minimum Gasteiger partial charge on any atom is -0.355 e. The molecule has 3 aromatic rings. The molecule has 6 heteroatoms. The number of hydrogen-bond donors (Lipinski definition) is 2. The highest BCUT2D eigenvalue weighted by Crippen LogP contribution is 2.25. The lowest BCUT2D eigenvalue weighted by molar-refractivity contribution is -0.126. The number of fused-ring (bicyclic) bond motifs is 1. The summed E-state index contributed by atoms with van der Waals surface area (Å²) in [6.45, 7) is 2.93. The fourth-order valence-electron chi connectivity index (χ4n) is 3.43. The number of nitrogens with zero attached hydrogens (tertiary/aromatic N) is 2. The van der Waals surface area contributed by atoms with E-state index in [1.165, 1.54) is 0 Å². The third-order valence-electron chi connectivity index (χ3n) is 4.94. The van der Waals surface area contributed by atoms with E-state index in [4.69, 9.17) is 0 Å². The Labute approximate surface area is 157 Å². The SMILES string of the molecule is Cc1ccc(N2CC(C(=O)NCCc3nc4ccccc4[nH]3)CC2=O)cc1. The van der Waals surface area contributed by atoms with E-state index in [9.17, 15) is 9.59 Å². The quantitative estimate of drug-likeness (QED) is 0.732. The highest BCUT2D eigenvalue weighted by Gasteiger charge is 2.34. The lowest BCUT2D eigenvalue weighted by atomic mass is 10.1. The van der Waals surface area contributed by atoms with E-state index in [-0.39, 0.29) is 24.2 Å². The van der Waals surface area contributed by atoms with E-state index in [0.29, 0.717) is 19.5 Å². The first-order chi connectivity index (χ1) is 13.1. The number of nitrogens with one attached hydrogen (secondary N) is 2. The molecule has 0 saturated carbocycles. The Kier molecular flexibility index (Phi) is 4.62. The second-order valence-electron chi connectivity index (χ2n) is 6.98. The molecule has 1 fully saturated rings. The summed E-state index contributed by atoms with van der Waals surface area (Å²) in [4.78, 5) is 34.2. The first-order valence-electron chi connectivity index (χ1n) is 9.18. The van der Waals surface area contributed by atoms with Gasteiger partial charge in [-0.3, -0.25) is 9.59 Å². The van der Waals surface area contributed by atoms with Gasteiger partial charge in [0, 0.05) is 31.6 Å². The van der Waals surface area contributed by atoms with E-state index in [2.05, 4.69) is 15.3 Å². The molecule has 1 aromatic heterocycles. The third-order valence-corrected chi connectivity index (χ3v) is 4.94. The van der Waals surface area contributed by atoms with E-state index < -0.39 is 0 Å². The summed E-state index contributed by atoms with van der Waals surface area (Å²) >= 11 is 0. The number of benzene rings is 2. The van der Waals surface area contributed by atoms with Crippen LogP contribution in [-0.4, -0.2) is 34.9 Å². The van der Waals surface area contributed by atoms with Crippen molar-refractivity contribution in [3.63, 3.8) is 0 Å². The highest BCUT2D eigenvalue weighted by molar-refractivity contribution is 6.00. The minimum absolute atomic E-state index is 0.00344. The van der Waals surface area contributed by atoms with Crippen LogP contribution in [0.2, 0.25) is 0 Å². The lowest BCUT2D eigenvalue weighted by Gasteiger charge is -2.17.